The second kappa shape index (κ2) is 9.76. The van der Waals surface area contributed by atoms with E-state index in [2.05, 4.69) is 83.0 Å². The Morgan fingerprint density at radius 1 is 1.17 bits per heavy atom. The Morgan fingerprint density at radius 3 is 2.60 bits per heavy atom. The maximum Gasteiger partial charge on any atom is 0.277 e. The van der Waals surface area contributed by atoms with Crippen molar-refractivity contribution in [1.29, 1.82) is 0 Å². The summed E-state index contributed by atoms with van der Waals surface area (Å²) in [6.45, 7) is 8.36. The number of nitrogens with zero attached hydrogens (tertiary/aromatic N) is 2. The van der Waals surface area contributed by atoms with Gasteiger partial charge in [0.05, 0.1) is 11.9 Å². The molecule has 6 heteroatoms. The van der Waals surface area contributed by atoms with Gasteiger partial charge >= 0.3 is 0 Å². The van der Waals surface area contributed by atoms with Gasteiger partial charge in [-0.25, -0.2) is 5.43 Å². The summed E-state index contributed by atoms with van der Waals surface area (Å²) in [7, 11) is 0. The first-order chi connectivity index (χ1) is 14.4. The summed E-state index contributed by atoms with van der Waals surface area (Å²) in [5, 5.41) is 4.12. The van der Waals surface area contributed by atoms with Crippen molar-refractivity contribution in [2.45, 2.75) is 34.1 Å². The van der Waals surface area contributed by atoms with Crippen LogP contribution in [0.15, 0.2) is 58.1 Å². The van der Waals surface area contributed by atoms with Crippen LogP contribution in [0, 0.1) is 20.8 Å². The lowest BCUT2D eigenvalue weighted by Gasteiger charge is -2.17. The van der Waals surface area contributed by atoms with Crippen molar-refractivity contribution >= 4 is 28.1 Å². The van der Waals surface area contributed by atoms with Crippen molar-refractivity contribution in [3.8, 4) is 11.4 Å². The average molecular weight is 468 g/mol. The van der Waals surface area contributed by atoms with Gasteiger partial charge in [0, 0.05) is 21.4 Å². The first kappa shape index (κ1) is 21.8. The summed E-state index contributed by atoms with van der Waals surface area (Å²) >= 11 is 3.37. The molecule has 30 heavy (non-hydrogen) atoms. The van der Waals surface area contributed by atoms with Crippen LogP contribution < -0.4 is 10.2 Å². The van der Waals surface area contributed by atoms with Crippen LogP contribution in [0.3, 0.4) is 0 Å². The van der Waals surface area contributed by atoms with Gasteiger partial charge in [-0.15, -0.1) is 0 Å². The minimum atomic E-state index is -0.310. The van der Waals surface area contributed by atoms with E-state index >= 15 is 0 Å². The molecule has 0 aliphatic rings. The molecule has 3 rings (SSSR count). The zero-order valence-corrected chi connectivity index (χ0v) is 19.3. The molecule has 0 aliphatic carbocycles. The number of nitrogens with one attached hydrogen (secondary N) is 1. The molecule has 0 atom stereocenters. The van der Waals surface area contributed by atoms with Gasteiger partial charge in [-0.2, -0.15) is 5.10 Å². The van der Waals surface area contributed by atoms with E-state index in [4.69, 9.17) is 4.74 Å². The van der Waals surface area contributed by atoms with Gasteiger partial charge in [-0.05, 0) is 68.7 Å². The molecule has 2 aromatic carbocycles. The number of rotatable bonds is 7. The quantitative estimate of drug-likeness (QED) is 0.380. The Bertz CT molecular complexity index is 1070. The molecule has 156 valence electrons. The molecule has 5 nitrogen and oxygen atoms in total. The van der Waals surface area contributed by atoms with E-state index in [-0.39, 0.29) is 12.5 Å². The number of carbonyl (C=O) groups excluding carboxylic acids is 1. The van der Waals surface area contributed by atoms with E-state index < -0.39 is 0 Å². The molecule has 1 amide bonds. The number of halogens is 1. The molecule has 0 aliphatic heterocycles. The smallest absolute Gasteiger partial charge is 0.277 e. The van der Waals surface area contributed by atoms with E-state index in [1.807, 2.05) is 12.1 Å². The first-order valence-electron chi connectivity index (χ1n) is 9.88. The summed E-state index contributed by atoms with van der Waals surface area (Å²) in [5.74, 6) is 0.320. The van der Waals surface area contributed by atoms with Crippen molar-refractivity contribution in [1.82, 2.24) is 9.99 Å². The monoisotopic (exact) mass is 467 g/mol. The van der Waals surface area contributed by atoms with Crippen LogP contribution in [0.2, 0.25) is 0 Å². The fourth-order valence-electron chi connectivity index (χ4n) is 3.47. The van der Waals surface area contributed by atoms with E-state index in [1.54, 1.807) is 18.3 Å². The molecule has 1 N–H and O–H groups in total. The van der Waals surface area contributed by atoms with Crippen molar-refractivity contribution in [3.05, 3.63) is 81.1 Å². The van der Waals surface area contributed by atoms with E-state index in [0.29, 0.717) is 5.75 Å². The van der Waals surface area contributed by atoms with Crippen molar-refractivity contribution in [2.24, 2.45) is 5.10 Å². The van der Waals surface area contributed by atoms with E-state index in [1.165, 1.54) is 16.8 Å². The number of amides is 1. The van der Waals surface area contributed by atoms with Gasteiger partial charge in [-0.1, -0.05) is 41.1 Å². The predicted molar refractivity (Wildman–Crippen MR) is 125 cm³/mol. The number of ether oxygens (including phenoxy) is 1. The molecule has 0 unspecified atom stereocenters. The second-order valence-electron chi connectivity index (χ2n) is 7.13. The zero-order chi connectivity index (χ0) is 21.7. The van der Waals surface area contributed by atoms with Gasteiger partial charge in [0.1, 0.15) is 5.75 Å². The largest absolute Gasteiger partial charge is 0.484 e. The first-order valence-corrected chi connectivity index (χ1v) is 10.7. The normalized spacial score (nSPS) is 11.1. The number of hydrogen-bond acceptors (Lipinski definition) is 3. The summed E-state index contributed by atoms with van der Waals surface area (Å²) in [4.78, 5) is 12.0. The van der Waals surface area contributed by atoms with Crippen LogP contribution in [0.5, 0.6) is 5.75 Å². The molecular weight excluding hydrogens is 442 g/mol. The standard InChI is InChI=1S/C24H26BrN3O2/c1-5-19-8-6-7-16(2)24(19)28-17(3)13-20(18(28)4)14-26-27-23(29)15-30-22-11-9-21(25)10-12-22/h6-14H,5,15H2,1-4H3,(H,27,29). The molecule has 0 bridgehead atoms. The van der Waals surface area contributed by atoms with Crippen LogP contribution in [0.1, 0.15) is 35.0 Å². The lowest BCUT2D eigenvalue weighted by Crippen LogP contribution is -2.24. The van der Waals surface area contributed by atoms with Crippen LogP contribution in [-0.2, 0) is 11.2 Å². The number of para-hydroxylation sites is 1. The minimum absolute atomic E-state index is 0.0962. The van der Waals surface area contributed by atoms with Crippen LogP contribution in [0.25, 0.3) is 5.69 Å². The topological polar surface area (TPSA) is 55.6 Å². The molecule has 0 saturated heterocycles. The van der Waals surface area contributed by atoms with Gasteiger partial charge in [0.2, 0.25) is 0 Å². The zero-order valence-electron chi connectivity index (χ0n) is 17.7. The predicted octanol–water partition coefficient (Wildman–Crippen LogP) is 5.26. The van der Waals surface area contributed by atoms with Gasteiger partial charge in [0.25, 0.3) is 5.91 Å². The number of benzene rings is 2. The molecule has 0 radical (unpaired) electrons. The van der Waals surface area contributed by atoms with Crippen molar-refractivity contribution in [2.75, 3.05) is 6.61 Å². The maximum atomic E-state index is 12.0. The van der Waals surface area contributed by atoms with Crippen molar-refractivity contribution < 1.29 is 9.53 Å². The summed E-state index contributed by atoms with van der Waals surface area (Å²) < 4.78 is 8.67. The fraction of sp³-hybridized carbons (Fsp3) is 0.250. The van der Waals surface area contributed by atoms with E-state index in [9.17, 15) is 4.79 Å². The van der Waals surface area contributed by atoms with Crippen molar-refractivity contribution in [3.63, 3.8) is 0 Å². The van der Waals surface area contributed by atoms with Gasteiger partial charge in [-0.3, -0.25) is 4.79 Å². The third kappa shape index (κ3) is 5.00. The molecule has 3 aromatic rings. The highest BCUT2D eigenvalue weighted by atomic mass is 79.9. The number of aromatic nitrogens is 1. The lowest BCUT2D eigenvalue weighted by atomic mass is 10.1. The fourth-order valence-corrected chi connectivity index (χ4v) is 3.74. The molecular formula is C24H26BrN3O2. The lowest BCUT2D eigenvalue weighted by molar-refractivity contribution is -0.123. The Kier molecular flexibility index (Phi) is 7.11. The number of carbonyl (C=O) groups is 1. The minimum Gasteiger partial charge on any atom is -0.484 e. The molecule has 0 saturated carbocycles. The molecule has 0 spiro atoms. The van der Waals surface area contributed by atoms with Crippen LogP contribution in [0.4, 0.5) is 0 Å². The number of aryl methyl sites for hydroxylation is 3. The van der Waals surface area contributed by atoms with Crippen LogP contribution >= 0.6 is 15.9 Å². The summed E-state index contributed by atoms with van der Waals surface area (Å²) in [6.07, 6.45) is 2.65. The Balaban J connectivity index is 1.69. The highest BCUT2D eigenvalue weighted by molar-refractivity contribution is 9.10. The summed E-state index contributed by atoms with van der Waals surface area (Å²) in [5.41, 5.74) is 9.47. The molecule has 0 fully saturated rings. The second-order valence-corrected chi connectivity index (χ2v) is 8.05. The maximum absolute atomic E-state index is 12.0. The Hall–Kier alpha value is -2.86. The number of hydrogen-bond donors (Lipinski definition) is 1. The SMILES string of the molecule is CCc1cccc(C)c1-n1c(C)cc(C=NNC(=O)COc2ccc(Br)cc2)c1C. The molecule has 1 heterocycles. The van der Waals surface area contributed by atoms with E-state index in [0.717, 1.165) is 27.8 Å². The van der Waals surface area contributed by atoms with Crippen LogP contribution in [-0.4, -0.2) is 23.3 Å². The third-order valence-electron chi connectivity index (χ3n) is 4.97. The Morgan fingerprint density at radius 2 is 1.90 bits per heavy atom. The Labute approximate surface area is 185 Å². The third-order valence-corrected chi connectivity index (χ3v) is 5.50. The number of hydrazone groups is 1. The highest BCUT2D eigenvalue weighted by Crippen LogP contribution is 2.26. The highest BCUT2D eigenvalue weighted by Gasteiger charge is 2.14. The van der Waals surface area contributed by atoms with Gasteiger partial charge in [0.15, 0.2) is 6.61 Å². The molecule has 1 aromatic heterocycles. The summed E-state index contributed by atoms with van der Waals surface area (Å²) in [6, 6.07) is 15.8. The van der Waals surface area contributed by atoms with Gasteiger partial charge < -0.3 is 9.30 Å². The average Bonchev–Trinajstić information content (AvgIpc) is 3.00.